The number of hydrogen-bond acceptors (Lipinski definition) is 7. The topological polar surface area (TPSA) is 98.7 Å². The number of ether oxygens (including phenoxy) is 1. The van der Waals surface area contributed by atoms with Gasteiger partial charge in [0.2, 0.25) is 0 Å². The molecule has 0 spiro atoms. The SMILES string of the molecule is Cc1nnc2c3ccccc3c(-c3ccc(N4CCOCC4)c([N+](=O)[O-])c3)nn12. The van der Waals surface area contributed by atoms with Crippen LogP contribution in [0.15, 0.2) is 42.5 Å². The van der Waals surface area contributed by atoms with Gasteiger partial charge in [0.25, 0.3) is 5.69 Å². The van der Waals surface area contributed by atoms with Gasteiger partial charge in [-0.05, 0) is 13.0 Å². The molecule has 0 aliphatic carbocycles. The van der Waals surface area contributed by atoms with Crippen molar-refractivity contribution in [3.63, 3.8) is 0 Å². The Labute approximate surface area is 165 Å². The minimum absolute atomic E-state index is 0.0656. The number of morpholine rings is 1. The second kappa shape index (κ2) is 6.78. The van der Waals surface area contributed by atoms with Crippen LogP contribution in [0.4, 0.5) is 11.4 Å². The number of aromatic nitrogens is 4. The van der Waals surface area contributed by atoms with Crippen molar-refractivity contribution < 1.29 is 9.66 Å². The van der Waals surface area contributed by atoms with Gasteiger partial charge in [-0.3, -0.25) is 10.1 Å². The Kier molecular flexibility index (Phi) is 4.09. The summed E-state index contributed by atoms with van der Waals surface area (Å²) in [5, 5.41) is 26.7. The second-order valence-corrected chi connectivity index (χ2v) is 6.94. The van der Waals surface area contributed by atoms with Crippen LogP contribution in [0.25, 0.3) is 27.7 Å². The monoisotopic (exact) mass is 390 g/mol. The summed E-state index contributed by atoms with van der Waals surface area (Å²) in [5.74, 6) is 0.659. The lowest BCUT2D eigenvalue weighted by molar-refractivity contribution is -0.384. The molecule has 3 heterocycles. The predicted octanol–water partition coefficient (Wildman–Crippen LogP) is 3.00. The van der Waals surface area contributed by atoms with Gasteiger partial charge in [0.05, 0.1) is 23.8 Å². The molecule has 0 radical (unpaired) electrons. The molecule has 1 fully saturated rings. The van der Waals surface area contributed by atoms with E-state index in [0.29, 0.717) is 54.7 Å². The average molecular weight is 390 g/mol. The molecule has 9 heteroatoms. The number of anilines is 1. The van der Waals surface area contributed by atoms with Crippen molar-refractivity contribution in [2.75, 3.05) is 31.2 Å². The number of fused-ring (bicyclic) bond motifs is 3. The summed E-state index contributed by atoms with van der Waals surface area (Å²) in [6.07, 6.45) is 0. The lowest BCUT2D eigenvalue weighted by Crippen LogP contribution is -2.36. The third kappa shape index (κ3) is 2.87. The molecule has 0 bridgehead atoms. The number of aryl methyl sites for hydroxylation is 1. The van der Waals surface area contributed by atoms with E-state index in [9.17, 15) is 10.1 Å². The van der Waals surface area contributed by atoms with Crippen molar-refractivity contribution in [3.8, 4) is 11.3 Å². The Bertz CT molecular complexity index is 1250. The van der Waals surface area contributed by atoms with E-state index in [-0.39, 0.29) is 10.6 Å². The standard InChI is InChI=1S/C20H18N6O3/c1-13-21-22-20-16-5-3-2-4-15(16)19(23-25(13)20)14-6-7-17(18(12-14)26(27)28)24-8-10-29-11-9-24/h2-7,12H,8-11H2,1H3. The first kappa shape index (κ1) is 17.5. The van der Waals surface area contributed by atoms with E-state index in [1.807, 2.05) is 42.2 Å². The third-order valence-corrected chi connectivity index (χ3v) is 5.22. The van der Waals surface area contributed by atoms with Gasteiger partial charge in [0.15, 0.2) is 11.5 Å². The van der Waals surface area contributed by atoms with Crippen molar-refractivity contribution >= 4 is 27.8 Å². The maximum atomic E-state index is 11.8. The summed E-state index contributed by atoms with van der Waals surface area (Å²) < 4.78 is 7.05. The minimum atomic E-state index is -0.334. The molecule has 0 unspecified atom stereocenters. The molecule has 0 atom stereocenters. The molecule has 4 aromatic rings. The minimum Gasteiger partial charge on any atom is -0.378 e. The summed E-state index contributed by atoms with van der Waals surface area (Å²) in [6, 6.07) is 13.1. The van der Waals surface area contributed by atoms with Crippen LogP contribution in [0, 0.1) is 17.0 Å². The van der Waals surface area contributed by atoms with E-state index in [1.165, 1.54) is 0 Å². The highest BCUT2D eigenvalue weighted by atomic mass is 16.6. The Morgan fingerprint density at radius 2 is 1.83 bits per heavy atom. The van der Waals surface area contributed by atoms with Crippen molar-refractivity contribution in [2.24, 2.45) is 0 Å². The average Bonchev–Trinajstić information content (AvgIpc) is 3.14. The highest BCUT2D eigenvalue weighted by molar-refractivity contribution is 6.01. The Morgan fingerprint density at radius 1 is 1.07 bits per heavy atom. The van der Waals surface area contributed by atoms with Crippen LogP contribution in [-0.2, 0) is 4.74 Å². The van der Waals surface area contributed by atoms with Gasteiger partial charge in [-0.25, -0.2) is 0 Å². The van der Waals surface area contributed by atoms with Crippen molar-refractivity contribution in [3.05, 3.63) is 58.4 Å². The van der Waals surface area contributed by atoms with Crippen LogP contribution in [0.1, 0.15) is 5.82 Å². The number of benzene rings is 2. The summed E-state index contributed by atoms with van der Waals surface area (Å²) in [5.41, 5.74) is 2.68. The van der Waals surface area contributed by atoms with E-state index in [4.69, 9.17) is 9.84 Å². The van der Waals surface area contributed by atoms with Crippen LogP contribution < -0.4 is 4.90 Å². The smallest absolute Gasteiger partial charge is 0.293 e. The molecule has 0 N–H and O–H groups in total. The highest BCUT2D eigenvalue weighted by Gasteiger charge is 2.23. The first-order valence-corrected chi connectivity index (χ1v) is 9.36. The summed E-state index contributed by atoms with van der Waals surface area (Å²) >= 11 is 0. The maximum absolute atomic E-state index is 11.8. The quantitative estimate of drug-likeness (QED) is 0.392. The second-order valence-electron chi connectivity index (χ2n) is 6.94. The molecule has 9 nitrogen and oxygen atoms in total. The first-order valence-electron chi connectivity index (χ1n) is 9.36. The number of nitro benzene ring substituents is 1. The molecule has 5 rings (SSSR count). The van der Waals surface area contributed by atoms with E-state index >= 15 is 0 Å². The third-order valence-electron chi connectivity index (χ3n) is 5.22. The molecule has 29 heavy (non-hydrogen) atoms. The van der Waals surface area contributed by atoms with E-state index < -0.39 is 0 Å². The van der Waals surface area contributed by atoms with Gasteiger partial charge >= 0.3 is 0 Å². The van der Waals surface area contributed by atoms with Gasteiger partial charge in [0.1, 0.15) is 5.69 Å². The molecule has 1 aliphatic rings. The van der Waals surface area contributed by atoms with Crippen LogP contribution in [0.5, 0.6) is 0 Å². The van der Waals surface area contributed by atoms with Gasteiger partial charge in [0, 0.05) is 35.5 Å². The summed E-state index contributed by atoms with van der Waals surface area (Å²) in [7, 11) is 0. The zero-order valence-corrected chi connectivity index (χ0v) is 15.8. The Balaban J connectivity index is 1.73. The molecule has 2 aromatic heterocycles. The van der Waals surface area contributed by atoms with Crippen LogP contribution >= 0.6 is 0 Å². The summed E-state index contributed by atoms with van der Waals surface area (Å²) in [6.45, 7) is 4.22. The van der Waals surface area contributed by atoms with Crippen molar-refractivity contribution in [1.29, 1.82) is 0 Å². The fourth-order valence-corrected chi connectivity index (χ4v) is 3.79. The summed E-state index contributed by atoms with van der Waals surface area (Å²) in [4.78, 5) is 13.5. The normalized spacial score (nSPS) is 14.6. The Morgan fingerprint density at radius 3 is 2.59 bits per heavy atom. The number of nitrogens with zero attached hydrogens (tertiary/aromatic N) is 6. The first-order chi connectivity index (χ1) is 14.1. The lowest BCUT2D eigenvalue weighted by atomic mass is 10.0. The van der Waals surface area contributed by atoms with Crippen LogP contribution in [0.2, 0.25) is 0 Å². The van der Waals surface area contributed by atoms with Gasteiger partial charge in [-0.2, -0.15) is 9.61 Å². The molecule has 0 saturated carbocycles. The van der Waals surface area contributed by atoms with E-state index in [2.05, 4.69) is 10.2 Å². The van der Waals surface area contributed by atoms with Crippen molar-refractivity contribution in [1.82, 2.24) is 19.8 Å². The highest BCUT2D eigenvalue weighted by Crippen LogP contribution is 2.36. The maximum Gasteiger partial charge on any atom is 0.293 e. The van der Waals surface area contributed by atoms with Gasteiger partial charge < -0.3 is 9.64 Å². The number of rotatable bonds is 3. The predicted molar refractivity (Wildman–Crippen MR) is 108 cm³/mol. The number of hydrogen-bond donors (Lipinski definition) is 0. The largest absolute Gasteiger partial charge is 0.378 e. The van der Waals surface area contributed by atoms with Crippen molar-refractivity contribution in [2.45, 2.75) is 6.92 Å². The van der Waals surface area contributed by atoms with Gasteiger partial charge in [-0.1, -0.05) is 30.3 Å². The Hall–Kier alpha value is -3.59. The molecule has 146 valence electrons. The zero-order chi connectivity index (χ0) is 20.0. The van der Waals surface area contributed by atoms with E-state index in [1.54, 1.807) is 16.6 Å². The number of nitro groups is 1. The molecular weight excluding hydrogens is 372 g/mol. The fourth-order valence-electron chi connectivity index (χ4n) is 3.79. The van der Waals surface area contributed by atoms with Gasteiger partial charge in [-0.15, -0.1) is 10.2 Å². The molecular formula is C20H18N6O3. The lowest BCUT2D eigenvalue weighted by Gasteiger charge is -2.28. The molecule has 1 aliphatic heterocycles. The molecule has 0 amide bonds. The fraction of sp³-hybridized carbons (Fsp3) is 0.250. The van der Waals surface area contributed by atoms with Crippen LogP contribution in [-0.4, -0.2) is 51.0 Å². The van der Waals surface area contributed by atoms with E-state index in [0.717, 1.165) is 10.8 Å². The van der Waals surface area contributed by atoms with Crippen LogP contribution in [0.3, 0.4) is 0 Å². The molecule has 2 aromatic carbocycles. The molecule has 1 saturated heterocycles. The zero-order valence-electron chi connectivity index (χ0n) is 15.8.